The number of rotatable bonds is 3. The van der Waals surface area contributed by atoms with Crippen LogP contribution in [0.15, 0.2) is 48.5 Å². The van der Waals surface area contributed by atoms with E-state index in [1.165, 1.54) is 31.2 Å². The number of ether oxygens (including phenoxy) is 2. The number of fused-ring (bicyclic) bond motifs is 1. The summed E-state index contributed by atoms with van der Waals surface area (Å²) >= 11 is 0. The van der Waals surface area contributed by atoms with Gasteiger partial charge in [0.25, 0.3) is 0 Å². The van der Waals surface area contributed by atoms with Crippen LogP contribution in [0.1, 0.15) is 28.4 Å². The molecule has 0 bridgehead atoms. The minimum Gasteiger partial charge on any atom is -0.458 e. The van der Waals surface area contributed by atoms with Crippen LogP contribution < -0.4 is 0 Å². The Balaban J connectivity index is 1.72. The lowest BCUT2D eigenvalue weighted by atomic mass is 9.90. The minimum absolute atomic E-state index is 0.00605. The smallest absolute Gasteiger partial charge is 0.351 e. The second-order valence-corrected chi connectivity index (χ2v) is 5.66. The molecule has 4 nitrogen and oxygen atoms in total. The Labute approximate surface area is 132 Å². The molecule has 0 amide bonds. The normalized spacial score (nSPS) is 19.7. The summed E-state index contributed by atoms with van der Waals surface area (Å²) in [6, 6.07) is 12.7. The van der Waals surface area contributed by atoms with Gasteiger partial charge in [-0.25, -0.2) is 14.0 Å². The first-order valence-electron chi connectivity index (χ1n) is 7.21. The number of cyclic esters (lactones) is 1. The fourth-order valence-corrected chi connectivity index (χ4v) is 2.53. The van der Waals surface area contributed by atoms with Crippen LogP contribution in [-0.2, 0) is 27.3 Å². The molecule has 1 heterocycles. The summed E-state index contributed by atoms with van der Waals surface area (Å²) in [5, 5.41) is 0. The number of esters is 2. The average Bonchev–Trinajstić information content (AvgIpc) is 2.54. The highest BCUT2D eigenvalue weighted by atomic mass is 19.1. The van der Waals surface area contributed by atoms with E-state index in [1.54, 1.807) is 18.2 Å². The third-order valence-electron chi connectivity index (χ3n) is 3.80. The molecule has 1 aliphatic heterocycles. The first-order chi connectivity index (χ1) is 11.0. The summed E-state index contributed by atoms with van der Waals surface area (Å²) < 4.78 is 23.4. The van der Waals surface area contributed by atoms with E-state index in [0.29, 0.717) is 11.1 Å². The molecule has 2 aromatic carbocycles. The maximum absolute atomic E-state index is 12.9. The van der Waals surface area contributed by atoms with Crippen LogP contribution in [0.25, 0.3) is 0 Å². The Morgan fingerprint density at radius 3 is 2.65 bits per heavy atom. The molecule has 0 radical (unpaired) electrons. The van der Waals surface area contributed by atoms with Crippen molar-refractivity contribution in [2.24, 2.45) is 0 Å². The van der Waals surface area contributed by atoms with Gasteiger partial charge in [-0.15, -0.1) is 0 Å². The lowest BCUT2D eigenvalue weighted by Gasteiger charge is -2.32. The van der Waals surface area contributed by atoms with E-state index in [-0.39, 0.29) is 18.8 Å². The topological polar surface area (TPSA) is 52.6 Å². The number of hydrogen-bond donors (Lipinski definition) is 0. The predicted octanol–water partition coefficient (Wildman–Crippen LogP) is 3.04. The molecule has 0 fully saturated rings. The first kappa shape index (κ1) is 15.2. The highest BCUT2D eigenvalue weighted by Crippen LogP contribution is 2.29. The molecule has 5 heteroatoms. The standard InChI is InChI=1S/C18H15FO4/c1-18(10-13-4-2-3-5-15(13)16(20)23-18)17(21)22-11-12-6-8-14(19)9-7-12/h2-9H,10-11H2,1H3/t18-/m0/s1. The van der Waals surface area contributed by atoms with Crippen LogP contribution in [0.3, 0.4) is 0 Å². The molecule has 3 rings (SSSR count). The second-order valence-electron chi connectivity index (χ2n) is 5.66. The number of carbonyl (C=O) groups excluding carboxylic acids is 2. The molecular weight excluding hydrogens is 299 g/mol. The van der Waals surface area contributed by atoms with Gasteiger partial charge in [0.1, 0.15) is 12.4 Å². The van der Waals surface area contributed by atoms with Crippen LogP contribution in [0.2, 0.25) is 0 Å². The lowest BCUT2D eigenvalue weighted by Crippen LogP contribution is -2.46. The molecule has 0 aromatic heterocycles. The molecule has 1 atom stereocenters. The summed E-state index contributed by atoms with van der Waals surface area (Å²) in [6.45, 7) is 1.53. The van der Waals surface area contributed by atoms with Crippen LogP contribution in [0.5, 0.6) is 0 Å². The van der Waals surface area contributed by atoms with Crippen molar-refractivity contribution in [3.63, 3.8) is 0 Å². The van der Waals surface area contributed by atoms with Crippen LogP contribution in [0, 0.1) is 5.82 Å². The molecule has 0 spiro atoms. The van der Waals surface area contributed by atoms with E-state index in [1.807, 2.05) is 6.07 Å². The second kappa shape index (κ2) is 5.83. The summed E-state index contributed by atoms with van der Waals surface area (Å²) in [7, 11) is 0. The zero-order chi connectivity index (χ0) is 16.4. The quantitative estimate of drug-likeness (QED) is 0.817. The largest absolute Gasteiger partial charge is 0.458 e. The van der Waals surface area contributed by atoms with Crippen molar-refractivity contribution in [3.05, 3.63) is 71.0 Å². The molecule has 118 valence electrons. The van der Waals surface area contributed by atoms with Gasteiger partial charge in [0, 0.05) is 6.42 Å². The van der Waals surface area contributed by atoms with Gasteiger partial charge in [-0.05, 0) is 36.2 Å². The van der Waals surface area contributed by atoms with Gasteiger partial charge in [0.2, 0.25) is 5.60 Å². The molecule has 0 saturated heterocycles. The average molecular weight is 314 g/mol. The monoisotopic (exact) mass is 314 g/mol. The molecule has 0 saturated carbocycles. The molecule has 2 aromatic rings. The van der Waals surface area contributed by atoms with Crippen LogP contribution in [-0.4, -0.2) is 17.5 Å². The fraction of sp³-hybridized carbons (Fsp3) is 0.222. The minimum atomic E-state index is -1.36. The number of benzene rings is 2. The zero-order valence-electron chi connectivity index (χ0n) is 12.5. The van der Waals surface area contributed by atoms with Crippen molar-refractivity contribution in [1.29, 1.82) is 0 Å². The van der Waals surface area contributed by atoms with Crippen molar-refractivity contribution in [1.82, 2.24) is 0 Å². The van der Waals surface area contributed by atoms with Gasteiger partial charge in [-0.2, -0.15) is 0 Å². The Morgan fingerprint density at radius 1 is 1.22 bits per heavy atom. The Morgan fingerprint density at radius 2 is 1.91 bits per heavy atom. The fourth-order valence-electron chi connectivity index (χ4n) is 2.53. The molecule has 0 unspecified atom stereocenters. The van der Waals surface area contributed by atoms with Gasteiger partial charge < -0.3 is 9.47 Å². The third-order valence-corrected chi connectivity index (χ3v) is 3.80. The molecule has 23 heavy (non-hydrogen) atoms. The molecule has 0 aliphatic carbocycles. The number of hydrogen-bond acceptors (Lipinski definition) is 4. The van der Waals surface area contributed by atoms with Gasteiger partial charge >= 0.3 is 11.9 Å². The maximum atomic E-state index is 12.9. The Bertz CT molecular complexity index is 754. The molecular formula is C18H15FO4. The maximum Gasteiger partial charge on any atom is 0.351 e. The summed E-state index contributed by atoms with van der Waals surface area (Å²) in [6.07, 6.45) is 0.261. The third kappa shape index (κ3) is 3.08. The van der Waals surface area contributed by atoms with E-state index in [9.17, 15) is 14.0 Å². The van der Waals surface area contributed by atoms with E-state index in [4.69, 9.17) is 9.47 Å². The number of carbonyl (C=O) groups is 2. The zero-order valence-corrected chi connectivity index (χ0v) is 12.5. The van der Waals surface area contributed by atoms with Gasteiger partial charge in [-0.3, -0.25) is 0 Å². The Hall–Kier alpha value is -2.69. The van der Waals surface area contributed by atoms with Crippen molar-refractivity contribution < 1.29 is 23.5 Å². The lowest BCUT2D eigenvalue weighted by molar-refractivity contribution is -0.166. The molecule has 1 aliphatic rings. The SMILES string of the molecule is C[C@@]1(C(=O)OCc2ccc(F)cc2)Cc2ccccc2C(=O)O1. The number of halogens is 1. The van der Waals surface area contributed by atoms with Crippen molar-refractivity contribution >= 4 is 11.9 Å². The van der Waals surface area contributed by atoms with Crippen molar-refractivity contribution in [3.8, 4) is 0 Å². The van der Waals surface area contributed by atoms with Crippen LogP contribution in [0.4, 0.5) is 4.39 Å². The van der Waals surface area contributed by atoms with E-state index >= 15 is 0 Å². The van der Waals surface area contributed by atoms with Gasteiger partial charge in [0.15, 0.2) is 0 Å². The van der Waals surface area contributed by atoms with E-state index in [2.05, 4.69) is 0 Å². The Kier molecular flexibility index (Phi) is 3.86. The van der Waals surface area contributed by atoms with E-state index in [0.717, 1.165) is 5.56 Å². The highest BCUT2D eigenvalue weighted by molar-refractivity contribution is 5.96. The molecule has 0 N–H and O–H groups in total. The van der Waals surface area contributed by atoms with Crippen molar-refractivity contribution in [2.75, 3.05) is 0 Å². The van der Waals surface area contributed by atoms with Gasteiger partial charge in [-0.1, -0.05) is 30.3 Å². The predicted molar refractivity (Wildman–Crippen MR) is 80.2 cm³/mol. The summed E-state index contributed by atoms with van der Waals surface area (Å²) in [5.74, 6) is -1.51. The highest BCUT2D eigenvalue weighted by Gasteiger charge is 2.43. The summed E-state index contributed by atoms with van der Waals surface area (Å²) in [5.41, 5.74) is 0.526. The van der Waals surface area contributed by atoms with Gasteiger partial charge in [0.05, 0.1) is 5.56 Å². The summed E-state index contributed by atoms with van der Waals surface area (Å²) in [4.78, 5) is 24.4. The van der Waals surface area contributed by atoms with Crippen LogP contribution >= 0.6 is 0 Å². The van der Waals surface area contributed by atoms with Crippen molar-refractivity contribution in [2.45, 2.75) is 25.6 Å². The van der Waals surface area contributed by atoms with E-state index < -0.39 is 17.5 Å². The first-order valence-corrected chi connectivity index (χ1v) is 7.21.